The molecule has 3 rings (SSSR count). The molecule has 3 nitrogen and oxygen atoms in total. The lowest BCUT2D eigenvalue weighted by molar-refractivity contribution is 0.208. The fourth-order valence-electron chi connectivity index (χ4n) is 3.06. The number of rotatable bonds is 5. The molecule has 2 heterocycles. The van der Waals surface area contributed by atoms with Gasteiger partial charge in [-0.05, 0) is 55.6 Å². The summed E-state index contributed by atoms with van der Waals surface area (Å²) in [6.07, 6.45) is 3.16. The smallest absolute Gasteiger partial charge is 0.129 e. The van der Waals surface area contributed by atoms with Crippen LogP contribution in [0.4, 0.5) is 4.39 Å². The van der Waals surface area contributed by atoms with Gasteiger partial charge in [0.05, 0.1) is 6.54 Å². The van der Waals surface area contributed by atoms with E-state index < -0.39 is 0 Å². The van der Waals surface area contributed by atoms with E-state index in [4.69, 9.17) is 9.52 Å². The van der Waals surface area contributed by atoms with Gasteiger partial charge in [0.25, 0.3) is 0 Å². The van der Waals surface area contributed by atoms with Gasteiger partial charge < -0.3 is 9.52 Å². The maximum atomic E-state index is 13.3. The summed E-state index contributed by atoms with van der Waals surface area (Å²) in [5.74, 6) is 1.31. The molecule has 1 aromatic carbocycles. The summed E-state index contributed by atoms with van der Waals surface area (Å²) in [6.45, 7) is 1.72. The Morgan fingerprint density at radius 1 is 1.24 bits per heavy atom. The van der Waals surface area contributed by atoms with E-state index in [1.165, 1.54) is 6.07 Å². The van der Waals surface area contributed by atoms with Crippen molar-refractivity contribution >= 4 is 0 Å². The molecule has 2 aromatic rings. The molecule has 1 fully saturated rings. The minimum Gasteiger partial charge on any atom is -0.462 e. The molecule has 112 valence electrons. The molecule has 0 spiro atoms. The fraction of sp³-hybridized carbons (Fsp3) is 0.412. The Balaban J connectivity index is 1.65. The van der Waals surface area contributed by atoms with Gasteiger partial charge in [0, 0.05) is 6.04 Å². The minimum atomic E-state index is -0.171. The maximum absolute atomic E-state index is 13.3. The van der Waals surface area contributed by atoms with Crippen LogP contribution in [0.25, 0.3) is 0 Å². The van der Waals surface area contributed by atoms with Crippen molar-refractivity contribution in [2.45, 2.75) is 38.5 Å². The first-order valence-electron chi connectivity index (χ1n) is 7.41. The Morgan fingerprint density at radius 2 is 2.10 bits per heavy atom. The third-order valence-corrected chi connectivity index (χ3v) is 4.09. The number of furan rings is 1. The van der Waals surface area contributed by atoms with Crippen molar-refractivity contribution in [1.82, 2.24) is 4.90 Å². The van der Waals surface area contributed by atoms with Gasteiger partial charge in [-0.15, -0.1) is 0 Å². The zero-order valence-electron chi connectivity index (χ0n) is 12.0. The second-order valence-corrected chi connectivity index (χ2v) is 5.63. The maximum Gasteiger partial charge on any atom is 0.129 e. The van der Waals surface area contributed by atoms with E-state index in [0.717, 1.165) is 43.7 Å². The van der Waals surface area contributed by atoms with Crippen LogP contribution in [0.15, 0.2) is 40.8 Å². The van der Waals surface area contributed by atoms with Gasteiger partial charge in [-0.2, -0.15) is 0 Å². The lowest BCUT2D eigenvalue weighted by atomic mass is 10.0. The van der Waals surface area contributed by atoms with Gasteiger partial charge in [-0.3, -0.25) is 4.90 Å². The number of aliphatic hydroxyl groups is 1. The first kappa shape index (κ1) is 14.3. The fourth-order valence-corrected chi connectivity index (χ4v) is 3.06. The summed E-state index contributed by atoms with van der Waals surface area (Å²) in [6, 6.07) is 11.0. The van der Waals surface area contributed by atoms with Crippen molar-refractivity contribution in [1.29, 1.82) is 0 Å². The molecule has 1 atom stereocenters. The summed E-state index contributed by atoms with van der Waals surface area (Å²) in [5, 5.41) is 9.04. The van der Waals surface area contributed by atoms with E-state index in [1.807, 2.05) is 18.2 Å². The Hall–Kier alpha value is -1.65. The van der Waals surface area contributed by atoms with Crippen LogP contribution in [0.5, 0.6) is 0 Å². The van der Waals surface area contributed by atoms with E-state index in [0.29, 0.717) is 11.8 Å². The van der Waals surface area contributed by atoms with Gasteiger partial charge in [0.1, 0.15) is 23.9 Å². The SMILES string of the molecule is OCc1ccc(CN2CCC[C@@H]2Cc2cccc(F)c2)o1. The third-order valence-electron chi connectivity index (χ3n) is 4.09. The zero-order chi connectivity index (χ0) is 14.7. The molecular formula is C17H20FNO2. The summed E-state index contributed by atoms with van der Waals surface area (Å²) in [7, 11) is 0. The molecule has 0 aliphatic carbocycles. The topological polar surface area (TPSA) is 36.6 Å². The van der Waals surface area contributed by atoms with Gasteiger partial charge in [0.15, 0.2) is 0 Å². The van der Waals surface area contributed by atoms with Gasteiger partial charge in [-0.25, -0.2) is 4.39 Å². The van der Waals surface area contributed by atoms with E-state index >= 15 is 0 Å². The second kappa shape index (κ2) is 6.41. The average molecular weight is 289 g/mol. The van der Waals surface area contributed by atoms with Crippen LogP contribution in [0.2, 0.25) is 0 Å². The van der Waals surface area contributed by atoms with Crippen LogP contribution in [0, 0.1) is 5.82 Å². The quantitative estimate of drug-likeness (QED) is 0.919. The lowest BCUT2D eigenvalue weighted by Crippen LogP contribution is -2.30. The first-order valence-corrected chi connectivity index (χ1v) is 7.41. The summed E-state index contributed by atoms with van der Waals surface area (Å²) in [4.78, 5) is 2.38. The average Bonchev–Trinajstić information content (AvgIpc) is 3.09. The second-order valence-electron chi connectivity index (χ2n) is 5.63. The normalized spacial score (nSPS) is 19.2. The standard InChI is InChI=1S/C17H20FNO2/c18-14-4-1-3-13(9-14)10-15-5-2-8-19(15)11-16-6-7-17(12-20)21-16/h1,3-4,6-7,9,15,20H,2,5,8,10-12H2/t15-/m1/s1. The van der Waals surface area contributed by atoms with Crippen molar-refractivity contribution in [3.63, 3.8) is 0 Å². The van der Waals surface area contributed by atoms with Crippen molar-refractivity contribution < 1.29 is 13.9 Å². The summed E-state index contributed by atoms with van der Waals surface area (Å²) < 4.78 is 18.8. The van der Waals surface area contributed by atoms with Crippen LogP contribution in [0.3, 0.4) is 0 Å². The van der Waals surface area contributed by atoms with E-state index in [9.17, 15) is 4.39 Å². The molecular weight excluding hydrogens is 269 g/mol. The van der Waals surface area contributed by atoms with Gasteiger partial charge in [0.2, 0.25) is 0 Å². The largest absolute Gasteiger partial charge is 0.462 e. The Bertz CT molecular complexity index is 596. The molecule has 0 unspecified atom stereocenters. The van der Waals surface area contributed by atoms with Gasteiger partial charge in [-0.1, -0.05) is 12.1 Å². The van der Waals surface area contributed by atoms with Crippen LogP contribution in [0.1, 0.15) is 29.9 Å². The highest BCUT2D eigenvalue weighted by Gasteiger charge is 2.25. The van der Waals surface area contributed by atoms with Crippen LogP contribution in [-0.4, -0.2) is 22.6 Å². The molecule has 4 heteroatoms. The summed E-state index contributed by atoms with van der Waals surface area (Å²) in [5.41, 5.74) is 1.04. The van der Waals surface area contributed by atoms with E-state index in [2.05, 4.69) is 4.90 Å². The lowest BCUT2D eigenvalue weighted by Gasteiger charge is -2.23. The molecule has 0 saturated carbocycles. The highest BCUT2D eigenvalue weighted by molar-refractivity contribution is 5.18. The molecule has 0 radical (unpaired) electrons. The molecule has 1 N–H and O–H groups in total. The molecule has 21 heavy (non-hydrogen) atoms. The number of hydrogen-bond acceptors (Lipinski definition) is 3. The van der Waals surface area contributed by atoms with Crippen molar-refractivity contribution in [2.75, 3.05) is 6.54 Å². The highest BCUT2D eigenvalue weighted by atomic mass is 19.1. The van der Waals surface area contributed by atoms with Crippen LogP contribution >= 0.6 is 0 Å². The summed E-state index contributed by atoms with van der Waals surface area (Å²) >= 11 is 0. The number of likely N-dealkylation sites (tertiary alicyclic amines) is 1. The number of nitrogens with zero attached hydrogens (tertiary/aromatic N) is 1. The molecule has 0 bridgehead atoms. The predicted molar refractivity (Wildman–Crippen MR) is 78.2 cm³/mol. The number of aliphatic hydroxyl groups excluding tert-OH is 1. The number of halogens is 1. The monoisotopic (exact) mass is 289 g/mol. The molecule has 1 aliphatic heterocycles. The first-order chi connectivity index (χ1) is 10.2. The molecule has 1 aliphatic rings. The van der Waals surface area contributed by atoms with Crippen LogP contribution < -0.4 is 0 Å². The Kier molecular flexibility index (Phi) is 4.36. The third kappa shape index (κ3) is 3.52. The number of benzene rings is 1. The molecule has 1 aromatic heterocycles. The van der Waals surface area contributed by atoms with Gasteiger partial charge >= 0.3 is 0 Å². The number of hydrogen-bond donors (Lipinski definition) is 1. The Morgan fingerprint density at radius 3 is 2.86 bits per heavy atom. The van der Waals surface area contributed by atoms with Crippen molar-refractivity contribution in [3.8, 4) is 0 Å². The van der Waals surface area contributed by atoms with Crippen molar-refractivity contribution in [2.24, 2.45) is 0 Å². The van der Waals surface area contributed by atoms with Crippen LogP contribution in [-0.2, 0) is 19.6 Å². The Labute approximate surface area is 124 Å². The molecule has 0 amide bonds. The zero-order valence-corrected chi connectivity index (χ0v) is 12.0. The van der Waals surface area contributed by atoms with E-state index in [1.54, 1.807) is 12.1 Å². The minimum absolute atomic E-state index is 0.0628. The van der Waals surface area contributed by atoms with Crippen molar-refractivity contribution in [3.05, 3.63) is 59.3 Å². The van der Waals surface area contributed by atoms with E-state index in [-0.39, 0.29) is 12.4 Å². The molecule has 1 saturated heterocycles. The highest BCUT2D eigenvalue weighted by Crippen LogP contribution is 2.24. The predicted octanol–water partition coefficient (Wildman–Crippen LogP) is 3.12.